The summed E-state index contributed by atoms with van der Waals surface area (Å²) < 4.78 is 5.07. The van der Waals surface area contributed by atoms with Crippen molar-refractivity contribution >= 4 is 35.1 Å². The summed E-state index contributed by atoms with van der Waals surface area (Å²) >= 11 is 0. The highest BCUT2D eigenvalue weighted by Crippen LogP contribution is 2.24. The second kappa shape index (κ2) is 9.42. The molecule has 1 aliphatic heterocycles. The number of imide groups is 1. The number of carbonyl (C=O) groups is 4. The van der Waals surface area contributed by atoms with Gasteiger partial charge in [-0.15, -0.1) is 0 Å². The van der Waals surface area contributed by atoms with Crippen molar-refractivity contribution in [3.05, 3.63) is 59.2 Å². The second-order valence-corrected chi connectivity index (χ2v) is 7.44. The first-order chi connectivity index (χ1) is 14.8. The van der Waals surface area contributed by atoms with Crippen LogP contribution in [0, 0.1) is 0 Å². The molecule has 1 heterocycles. The first-order valence-corrected chi connectivity index (χ1v) is 10.1. The molecule has 0 saturated heterocycles. The van der Waals surface area contributed by atoms with E-state index in [-0.39, 0.29) is 22.6 Å². The lowest BCUT2D eigenvalue weighted by atomic mass is 10.1. The molecule has 31 heavy (non-hydrogen) atoms. The third-order valence-corrected chi connectivity index (χ3v) is 4.94. The van der Waals surface area contributed by atoms with Gasteiger partial charge in [0.25, 0.3) is 17.7 Å². The molecule has 2 aromatic carbocycles. The average molecular weight is 423 g/mol. The van der Waals surface area contributed by atoms with Gasteiger partial charge in [-0.25, -0.2) is 4.79 Å². The van der Waals surface area contributed by atoms with Crippen LogP contribution in [0.25, 0.3) is 0 Å². The molecular weight excluding hydrogens is 398 g/mol. The van der Waals surface area contributed by atoms with Crippen LogP contribution < -0.4 is 10.2 Å². The van der Waals surface area contributed by atoms with Crippen LogP contribution in [0.4, 0.5) is 11.4 Å². The summed E-state index contributed by atoms with van der Waals surface area (Å²) in [4.78, 5) is 52.4. The Labute approximate surface area is 180 Å². The summed E-state index contributed by atoms with van der Waals surface area (Å²) in [5.41, 5.74) is 2.14. The van der Waals surface area contributed by atoms with Gasteiger partial charge in [0.2, 0.25) is 0 Å². The zero-order chi connectivity index (χ0) is 22.5. The van der Waals surface area contributed by atoms with Crippen molar-refractivity contribution in [1.29, 1.82) is 0 Å². The number of rotatable bonds is 8. The van der Waals surface area contributed by atoms with E-state index in [1.54, 1.807) is 12.1 Å². The third kappa shape index (κ3) is 4.91. The Bertz CT molecular complexity index is 1010. The summed E-state index contributed by atoms with van der Waals surface area (Å²) in [5, 5.41) is 2.65. The summed E-state index contributed by atoms with van der Waals surface area (Å²) in [6, 6.07) is 11.4. The van der Waals surface area contributed by atoms with Crippen LogP contribution in [0.3, 0.4) is 0 Å². The van der Waals surface area contributed by atoms with Crippen LogP contribution in [-0.4, -0.2) is 55.8 Å². The van der Waals surface area contributed by atoms with Crippen LogP contribution in [0.5, 0.6) is 0 Å². The van der Waals surface area contributed by atoms with E-state index in [0.29, 0.717) is 18.7 Å². The summed E-state index contributed by atoms with van der Waals surface area (Å²) in [6.45, 7) is 1.85. The van der Waals surface area contributed by atoms with Gasteiger partial charge < -0.3 is 15.0 Å². The topological polar surface area (TPSA) is 96.0 Å². The zero-order valence-corrected chi connectivity index (χ0v) is 17.8. The summed E-state index contributed by atoms with van der Waals surface area (Å²) in [5.74, 6) is -1.99. The fraction of sp³-hybridized carbons (Fsp3) is 0.304. The Hall–Kier alpha value is -3.68. The second-order valence-electron chi connectivity index (χ2n) is 7.44. The van der Waals surface area contributed by atoms with Gasteiger partial charge in [0.05, 0.1) is 16.7 Å². The average Bonchev–Trinajstić information content (AvgIpc) is 3.00. The lowest BCUT2D eigenvalue weighted by Gasteiger charge is -2.13. The molecule has 0 saturated carbocycles. The third-order valence-electron chi connectivity index (χ3n) is 4.94. The van der Waals surface area contributed by atoms with Gasteiger partial charge >= 0.3 is 5.97 Å². The van der Waals surface area contributed by atoms with Gasteiger partial charge in [-0.3, -0.25) is 19.3 Å². The SMILES string of the molecule is CCCCN1C(=O)c2ccc(C(=O)OCC(=O)Nc3ccc(N(C)C)cc3)cc2C1=O. The number of amides is 3. The Balaban J connectivity index is 1.59. The molecule has 0 aromatic heterocycles. The largest absolute Gasteiger partial charge is 0.452 e. The van der Waals surface area contributed by atoms with Gasteiger partial charge in [-0.1, -0.05) is 13.3 Å². The molecule has 2 aromatic rings. The van der Waals surface area contributed by atoms with Crippen molar-refractivity contribution in [2.75, 3.05) is 37.5 Å². The monoisotopic (exact) mass is 423 g/mol. The molecule has 162 valence electrons. The Morgan fingerprint density at radius 3 is 2.32 bits per heavy atom. The summed E-state index contributed by atoms with van der Waals surface area (Å²) in [7, 11) is 3.83. The van der Waals surface area contributed by atoms with Crippen molar-refractivity contribution in [3.63, 3.8) is 0 Å². The van der Waals surface area contributed by atoms with Gasteiger partial charge in [0.15, 0.2) is 6.61 Å². The zero-order valence-electron chi connectivity index (χ0n) is 17.8. The number of fused-ring (bicyclic) bond motifs is 1. The maximum atomic E-state index is 12.5. The van der Waals surface area contributed by atoms with Crippen molar-refractivity contribution in [2.45, 2.75) is 19.8 Å². The molecule has 0 spiro atoms. The number of nitrogens with one attached hydrogen (secondary N) is 1. The molecule has 0 bridgehead atoms. The molecule has 0 atom stereocenters. The van der Waals surface area contributed by atoms with Crippen molar-refractivity contribution in [2.24, 2.45) is 0 Å². The van der Waals surface area contributed by atoms with Gasteiger partial charge in [-0.05, 0) is 48.9 Å². The first kappa shape index (κ1) is 22.0. The minimum absolute atomic E-state index is 0.111. The normalized spacial score (nSPS) is 12.5. The fourth-order valence-electron chi connectivity index (χ4n) is 3.19. The predicted molar refractivity (Wildman–Crippen MR) is 116 cm³/mol. The number of nitrogens with zero attached hydrogens (tertiary/aromatic N) is 2. The maximum absolute atomic E-state index is 12.5. The molecular formula is C23H25N3O5. The van der Waals surface area contributed by atoms with Crippen LogP contribution in [-0.2, 0) is 9.53 Å². The standard InChI is InChI=1S/C23H25N3O5/c1-4-5-12-26-21(28)18-11-6-15(13-19(18)22(26)29)23(30)31-14-20(27)24-16-7-9-17(10-8-16)25(2)3/h6-11,13H,4-5,12,14H2,1-3H3,(H,24,27). The first-order valence-electron chi connectivity index (χ1n) is 10.1. The Kier molecular flexibility index (Phi) is 6.69. The number of carbonyl (C=O) groups excluding carboxylic acids is 4. The minimum Gasteiger partial charge on any atom is -0.452 e. The van der Waals surface area contributed by atoms with E-state index in [9.17, 15) is 19.2 Å². The predicted octanol–water partition coefficient (Wildman–Crippen LogP) is 2.94. The molecule has 1 aliphatic rings. The molecule has 8 nitrogen and oxygen atoms in total. The van der Waals surface area contributed by atoms with Crippen molar-refractivity contribution < 1.29 is 23.9 Å². The Morgan fingerprint density at radius 2 is 1.68 bits per heavy atom. The van der Waals surface area contributed by atoms with Crippen LogP contribution in [0.15, 0.2) is 42.5 Å². The van der Waals surface area contributed by atoms with Gasteiger partial charge in [0, 0.05) is 32.0 Å². The number of hydrogen-bond acceptors (Lipinski definition) is 6. The molecule has 8 heteroatoms. The minimum atomic E-state index is -0.742. The highest BCUT2D eigenvalue weighted by molar-refractivity contribution is 6.22. The van der Waals surface area contributed by atoms with E-state index >= 15 is 0 Å². The molecule has 0 unspecified atom stereocenters. The van der Waals surface area contributed by atoms with Crippen LogP contribution in [0.1, 0.15) is 50.8 Å². The van der Waals surface area contributed by atoms with Crippen LogP contribution >= 0.6 is 0 Å². The number of unbranched alkanes of at least 4 members (excludes halogenated alkanes) is 1. The van der Waals surface area contributed by atoms with Crippen LogP contribution in [0.2, 0.25) is 0 Å². The highest BCUT2D eigenvalue weighted by atomic mass is 16.5. The molecule has 3 amide bonds. The maximum Gasteiger partial charge on any atom is 0.338 e. The molecule has 0 radical (unpaired) electrons. The van der Waals surface area contributed by atoms with Crippen molar-refractivity contribution in [3.8, 4) is 0 Å². The number of hydrogen-bond donors (Lipinski definition) is 1. The smallest absolute Gasteiger partial charge is 0.338 e. The number of anilines is 2. The lowest BCUT2D eigenvalue weighted by Crippen LogP contribution is -2.30. The number of benzene rings is 2. The summed E-state index contributed by atoms with van der Waals surface area (Å²) in [6.07, 6.45) is 1.57. The van der Waals surface area contributed by atoms with E-state index in [2.05, 4.69) is 5.32 Å². The van der Waals surface area contributed by atoms with E-state index in [1.165, 1.54) is 23.1 Å². The van der Waals surface area contributed by atoms with E-state index in [0.717, 1.165) is 12.1 Å². The molecule has 0 aliphatic carbocycles. The van der Waals surface area contributed by atoms with E-state index in [4.69, 9.17) is 4.74 Å². The lowest BCUT2D eigenvalue weighted by molar-refractivity contribution is -0.119. The molecule has 0 fully saturated rings. The van der Waals surface area contributed by atoms with Gasteiger partial charge in [0.1, 0.15) is 0 Å². The van der Waals surface area contributed by atoms with Crippen molar-refractivity contribution in [1.82, 2.24) is 4.90 Å². The number of esters is 1. The van der Waals surface area contributed by atoms with E-state index in [1.807, 2.05) is 38.1 Å². The fourth-order valence-corrected chi connectivity index (χ4v) is 3.19. The Morgan fingerprint density at radius 1 is 1.00 bits per heavy atom. The quantitative estimate of drug-likeness (QED) is 0.518. The van der Waals surface area contributed by atoms with E-state index < -0.39 is 24.4 Å². The molecule has 1 N–H and O–H groups in total. The highest BCUT2D eigenvalue weighted by Gasteiger charge is 2.35. The molecule has 3 rings (SSSR count). The van der Waals surface area contributed by atoms with Gasteiger partial charge in [-0.2, -0.15) is 0 Å². The number of ether oxygens (including phenoxy) is 1.